The molecule has 0 bridgehead atoms. The summed E-state index contributed by atoms with van der Waals surface area (Å²) in [5.74, 6) is -2.15. The van der Waals surface area contributed by atoms with Gasteiger partial charge in [0.15, 0.2) is 0 Å². The van der Waals surface area contributed by atoms with Crippen molar-refractivity contribution in [3.05, 3.63) is 34.9 Å². The second-order valence-electron chi connectivity index (χ2n) is 6.59. The molecular formula is C16H17ClN2O5S. The lowest BCUT2D eigenvalue weighted by Gasteiger charge is -2.43. The maximum absolute atomic E-state index is 12.6. The van der Waals surface area contributed by atoms with E-state index in [-0.39, 0.29) is 6.42 Å². The quantitative estimate of drug-likeness (QED) is 0.737. The molecule has 3 rings (SSSR count). The lowest BCUT2D eigenvalue weighted by Crippen LogP contribution is -2.71. The summed E-state index contributed by atoms with van der Waals surface area (Å²) in [6.45, 7) is 3.10. The van der Waals surface area contributed by atoms with Crippen LogP contribution in [0.4, 0.5) is 0 Å². The van der Waals surface area contributed by atoms with Crippen LogP contribution in [-0.2, 0) is 31.6 Å². The highest BCUT2D eigenvalue weighted by molar-refractivity contribution is 7.87. The Morgan fingerprint density at radius 1 is 1.36 bits per heavy atom. The van der Waals surface area contributed by atoms with Gasteiger partial charge in [-0.25, -0.2) is 4.79 Å². The van der Waals surface area contributed by atoms with Gasteiger partial charge < -0.3 is 15.3 Å². The van der Waals surface area contributed by atoms with Crippen LogP contribution in [0.2, 0.25) is 5.02 Å². The molecule has 25 heavy (non-hydrogen) atoms. The van der Waals surface area contributed by atoms with E-state index >= 15 is 0 Å². The van der Waals surface area contributed by atoms with E-state index in [1.54, 1.807) is 38.1 Å². The van der Waals surface area contributed by atoms with Crippen LogP contribution in [0.5, 0.6) is 0 Å². The number of carboxylic acids is 1. The van der Waals surface area contributed by atoms with Crippen LogP contribution in [0, 0.1) is 0 Å². The number of nitrogens with one attached hydrogen (secondary N) is 1. The molecule has 2 heterocycles. The Hall–Kier alpha value is -1.93. The topological polar surface area (TPSA) is 104 Å². The summed E-state index contributed by atoms with van der Waals surface area (Å²) in [6, 6.07) is 4.71. The highest BCUT2D eigenvalue weighted by Gasteiger charge is 2.68. The van der Waals surface area contributed by atoms with Crippen molar-refractivity contribution in [1.82, 2.24) is 10.2 Å². The third kappa shape index (κ3) is 2.73. The van der Waals surface area contributed by atoms with Gasteiger partial charge >= 0.3 is 5.97 Å². The number of halogens is 1. The Kier molecular flexibility index (Phi) is 4.36. The van der Waals surface area contributed by atoms with Crippen molar-refractivity contribution >= 4 is 40.2 Å². The molecule has 0 saturated carbocycles. The zero-order valence-corrected chi connectivity index (χ0v) is 15.1. The van der Waals surface area contributed by atoms with E-state index in [1.807, 2.05) is 0 Å². The third-order valence-corrected chi connectivity index (χ3v) is 7.18. The first-order valence-electron chi connectivity index (χ1n) is 7.64. The van der Waals surface area contributed by atoms with Gasteiger partial charge in [-0.1, -0.05) is 29.8 Å². The Morgan fingerprint density at radius 3 is 2.60 bits per heavy atom. The number of carboxylic acid groups (broad SMARTS) is 1. The van der Waals surface area contributed by atoms with Crippen molar-refractivity contribution in [3.63, 3.8) is 0 Å². The lowest BCUT2D eigenvalue weighted by molar-refractivity contribution is -0.161. The fraction of sp³-hybridized carbons (Fsp3) is 0.438. The van der Waals surface area contributed by atoms with Gasteiger partial charge in [-0.05, 0) is 25.5 Å². The minimum Gasteiger partial charge on any atom is -0.480 e. The third-order valence-electron chi connectivity index (χ3n) is 4.61. The number of nitrogens with zero attached hydrogens (tertiary/aromatic N) is 1. The van der Waals surface area contributed by atoms with Gasteiger partial charge in [-0.15, -0.1) is 0 Å². The van der Waals surface area contributed by atoms with Crippen molar-refractivity contribution in [2.45, 2.75) is 42.5 Å². The molecule has 1 aromatic carbocycles. The van der Waals surface area contributed by atoms with Crippen molar-refractivity contribution in [1.29, 1.82) is 0 Å². The van der Waals surface area contributed by atoms with Gasteiger partial charge in [-0.2, -0.15) is 0 Å². The Labute approximate surface area is 151 Å². The molecule has 0 aliphatic carbocycles. The number of carbonyl (C=O) groups is 3. The molecule has 7 nitrogen and oxygen atoms in total. The molecule has 4 atom stereocenters. The monoisotopic (exact) mass is 384 g/mol. The summed E-state index contributed by atoms with van der Waals surface area (Å²) in [7, 11) is -1.61. The molecule has 0 spiro atoms. The molecule has 9 heteroatoms. The van der Waals surface area contributed by atoms with E-state index in [2.05, 4.69) is 5.32 Å². The molecule has 0 aromatic heterocycles. The van der Waals surface area contributed by atoms with E-state index in [1.165, 1.54) is 0 Å². The predicted molar refractivity (Wildman–Crippen MR) is 91.4 cm³/mol. The van der Waals surface area contributed by atoms with Gasteiger partial charge in [0.25, 0.3) is 0 Å². The molecule has 2 amide bonds. The summed E-state index contributed by atoms with van der Waals surface area (Å²) >= 11 is 6.02. The first-order chi connectivity index (χ1) is 11.7. The number of hydrogen-bond acceptors (Lipinski definition) is 4. The number of fused-ring (bicyclic) bond motifs is 1. The van der Waals surface area contributed by atoms with E-state index in [9.17, 15) is 23.7 Å². The summed E-state index contributed by atoms with van der Waals surface area (Å²) < 4.78 is 11.5. The molecule has 1 aromatic rings. The zero-order chi connectivity index (χ0) is 18.5. The van der Waals surface area contributed by atoms with Crippen LogP contribution in [0.3, 0.4) is 0 Å². The van der Waals surface area contributed by atoms with Crippen LogP contribution < -0.4 is 5.32 Å². The summed E-state index contributed by atoms with van der Waals surface area (Å²) in [5, 5.41) is 11.6. The molecule has 134 valence electrons. The smallest absolute Gasteiger partial charge is 0.328 e. The number of β-lactam (4-membered cyclic amide) rings is 1. The fourth-order valence-corrected chi connectivity index (χ4v) is 5.46. The van der Waals surface area contributed by atoms with Crippen molar-refractivity contribution in [2.24, 2.45) is 0 Å². The van der Waals surface area contributed by atoms with Crippen molar-refractivity contribution in [3.8, 4) is 0 Å². The first kappa shape index (κ1) is 17.9. The average Bonchev–Trinajstić information content (AvgIpc) is 2.72. The zero-order valence-electron chi connectivity index (χ0n) is 13.6. The molecule has 2 aliphatic rings. The standard InChI is InChI=1S/C16H17ClN2O5S/c1-16(2)12(15(22)23)19-13(21)11(14(19)25(16)24)18-10(20)7-8-5-3-4-6-9(8)17/h3-6,11-12,14H,7H2,1-2H3,(H,18,20)(H,22,23)/t11-,12+,14-,25-/m1/s1. The molecular weight excluding hydrogens is 368 g/mol. The number of amides is 2. The van der Waals surface area contributed by atoms with Gasteiger partial charge in [-0.3, -0.25) is 13.8 Å². The summed E-state index contributed by atoms with van der Waals surface area (Å²) in [5.41, 5.74) is 0.613. The van der Waals surface area contributed by atoms with Gasteiger partial charge in [0, 0.05) is 5.02 Å². The number of rotatable bonds is 4. The molecule has 2 N–H and O–H groups in total. The van der Waals surface area contributed by atoms with Gasteiger partial charge in [0.2, 0.25) is 11.8 Å². The predicted octanol–water partition coefficient (Wildman–Crippen LogP) is 0.530. The number of benzene rings is 1. The molecule has 2 fully saturated rings. The minimum atomic E-state index is -1.61. The lowest BCUT2D eigenvalue weighted by atomic mass is 9.96. The maximum Gasteiger partial charge on any atom is 0.328 e. The Morgan fingerprint density at radius 2 is 2.00 bits per heavy atom. The van der Waals surface area contributed by atoms with E-state index in [0.717, 1.165) is 4.90 Å². The molecule has 0 unspecified atom stereocenters. The Balaban J connectivity index is 1.75. The highest BCUT2D eigenvalue weighted by Crippen LogP contribution is 2.43. The highest BCUT2D eigenvalue weighted by atomic mass is 35.5. The van der Waals surface area contributed by atoms with E-state index < -0.39 is 50.8 Å². The largest absolute Gasteiger partial charge is 0.480 e. The van der Waals surface area contributed by atoms with Crippen LogP contribution >= 0.6 is 11.6 Å². The number of carbonyl (C=O) groups excluding carboxylic acids is 2. The second kappa shape index (κ2) is 6.10. The average molecular weight is 385 g/mol. The molecule has 2 aliphatic heterocycles. The van der Waals surface area contributed by atoms with Crippen LogP contribution in [0.1, 0.15) is 19.4 Å². The number of hydrogen-bond donors (Lipinski definition) is 2. The van der Waals surface area contributed by atoms with Crippen molar-refractivity contribution < 1.29 is 23.7 Å². The van der Waals surface area contributed by atoms with Crippen molar-refractivity contribution in [2.75, 3.05) is 0 Å². The second-order valence-corrected chi connectivity index (χ2v) is 9.13. The van der Waals surface area contributed by atoms with E-state index in [0.29, 0.717) is 10.6 Å². The normalized spacial score (nSPS) is 29.7. The van der Waals surface area contributed by atoms with Crippen LogP contribution in [0.15, 0.2) is 24.3 Å². The summed E-state index contributed by atoms with van der Waals surface area (Å²) in [6.07, 6.45) is -0.0193. The SMILES string of the molecule is CC1(C)[C@H](C(=O)O)N2C(=O)[C@@H](NC(=O)Cc3ccccc3Cl)[C@H]2[S@]1=O. The molecule has 2 saturated heterocycles. The Bertz CT molecular complexity index is 796. The van der Waals surface area contributed by atoms with Crippen LogP contribution in [0.25, 0.3) is 0 Å². The minimum absolute atomic E-state index is 0.0193. The maximum atomic E-state index is 12.6. The van der Waals surface area contributed by atoms with Crippen LogP contribution in [-0.4, -0.2) is 54.2 Å². The van der Waals surface area contributed by atoms with E-state index in [4.69, 9.17) is 11.6 Å². The first-order valence-corrected chi connectivity index (χ1v) is 9.23. The fourth-order valence-electron chi connectivity index (χ4n) is 3.33. The molecule has 0 radical (unpaired) electrons. The summed E-state index contributed by atoms with van der Waals surface area (Å²) in [4.78, 5) is 37.1. The number of aliphatic carboxylic acids is 1. The van der Waals surface area contributed by atoms with Gasteiger partial charge in [0.1, 0.15) is 17.5 Å². The van der Waals surface area contributed by atoms with Gasteiger partial charge in [0.05, 0.1) is 22.0 Å².